The fraction of sp³-hybridized carbons (Fsp3) is 0.400. The first-order chi connectivity index (χ1) is 10.6. The first-order valence-corrected chi connectivity index (χ1v) is 8.13. The molecule has 0 fully saturated rings. The van der Waals surface area contributed by atoms with Crippen LogP contribution in [-0.2, 0) is 12.0 Å². The summed E-state index contributed by atoms with van der Waals surface area (Å²) in [5, 5.41) is 11.7. The molecule has 0 spiro atoms. The van der Waals surface area contributed by atoms with Gasteiger partial charge in [-0.05, 0) is 62.5 Å². The van der Waals surface area contributed by atoms with Gasteiger partial charge in [-0.3, -0.25) is 0 Å². The summed E-state index contributed by atoms with van der Waals surface area (Å²) in [7, 11) is 4.19. The Kier molecular flexibility index (Phi) is 4.32. The van der Waals surface area contributed by atoms with Gasteiger partial charge in [0.2, 0.25) is 0 Å². The van der Waals surface area contributed by atoms with Crippen molar-refractivity contribution >= 4 is 0 Å². The van der Waals surface area contributed by atoms with Crippen molar-refractivity contribution in [2.45, 2.75) is 24.9 Å². The van der Waals surface area contributed by atoms with Crippen molar-refractivity contribution < 1.29 is 5.11 Å². The van der Waals surface area contributed by atoms with Gasteiger partial charge in [0.05, 0.1) is 0 Å². The van der Waals surface area contributed by atoms with Crippen molar-refractivity contribution in [3.05, 3.63) is 71.3 Å². The summed E-state index contributed by atoms with van der Waals surface area (Å²) in [5.74, 6) is 0.257. The highest BCUT2D eigenvalue weighted by Crippen LogP contribution is 2.45. The van der Waals surface area contributed by atoms with Gasteiger partial charge in [-0.2, -0.15) is 0 Å². The normalized spacial score (nSPS) is 24.3. The molecule has 1 aliphatic rings. The van der Waals surface area contributed by atoms with E-state index in [1.807, 2.05) is 24.3 Å². The standard InChI is InChI=1S/C20H25NO/c1-21(2)15-14-18-13-12-16-8-6-7-11-19(16)20(18,22)17-9-4-3-5-10-17/h3-11,18,22H,12-15H2,1-2H3. The van der Waals surface area contributed by atoms with E-state index in [2.05, 4.69) is 49.3 Å². The molecule has 2 atom stereocenters. The molecule has 116 valence electrons. The predicted octanol–water partition coefficient (Wildman–Crippen LogP) is 3.44. The molecule has 2 aromatic rings. The summed E-state index contributed by atoms with van der Waals surface area (Å²) in [6.45, 7) is 1.00. The van der Waals surface area contributed by atoms with Crippen LogP contribution in [0.5, 0.6) is 0 Å². The van der Waals surface area contributed by atoms with E-state index in [1.165, 1.54) is 5.56 Å². The topological polar surface area (TPSA) is 23.5 Å². The lowest BCUT2D eigenvalue weighted by molar-refractivity contribution is -0.00229. The SMILES string of the molecule is CN(C)CCC1CCc2ccccc2C1(O)c1ccccc1. The zero-order valence-electron chi connectivity index (χ0n) is 13.5. The quantitative estimate of drug-likeness (QED) is 0.934. The third-order valence-corrected chi connectivity index (χ3v) is 4.92. The Hall–Kier alpha value is -1.64. The van der Waals surface area contributed by atoms with Crippen LogP contribution in [0.25, 0.3) is 0 Å². The Bertz CT molecular complexity index is 623. The van der Waals surface area contributed by atoms with Gasteiger partial charge in [0.1, 0.15) is 5.60 Å². The average molecular weight is 295 g/mol. The maximum atomic E-state index is 11.7. The van der Waals surface area contributed by atoms with Crippen LogP contribution in [0.4, 0.5) is 0 Å². The van der Waals surface area contributed by atoms with Gasteiger partial charge >= 0.3 is 0 Å². The Morgan fingerprint density at radius 2 is 1.73 bits per heavy atom. The van der Waals surface area contributed by atoms with E-state index in [4.69, 9.17) is 0 Å². The maximum Gasteiger partial charge on any atom is 0.118 e. The highest BCUT2D eigenvalue weighted by Gasteiger charge is 2.43. The van der Waals surface area contributed by atoms with E-state index in [0.717, 1.165) is 36.9 Å². The van der Waals surface area contributed by atoms with Gasteiger partial charge in [-0.25, -0.2) is 0 Å². The van der Waals surface area contributed by atoms with E-state index < -0.39 is 5.60 Å². The fourth-order valence-electron chi connectivity index (χ4n) is 3.72. The van der Waals surface area contributed by atoms with Crippen LogP contribution < -0.4 is 0 Å². The molecule has 3 rings (SSSR count). The molecule has 0 radical (unpaired) electrons. The second-order valence-electron chi connectivity index (χ2n) is 6.62. The molecule has 1 aliphatic carbocycles. The summed E-state index contributed by atoms with van der Waals surface area (Å²) >= 11 is 0. The van der Waals surface area contributed by atoms with Crippen LogP contribution in [0, 0.1) is 5.92 Å². The minimum Gasteiger partial charge on any atom is -0.380 e. The summed E-state index contributed by atoms with van der Waals surface area (Å²) < 4.78 is 0. The van der Waals surface area contributed by atoms with Gasteiger partial charge in [-0.15, -0.1) is 0 Å². The molecule has 22 heavy (non-hydrogen) atoms. The average Bonchev–Trinajstić information content (AvgIpc) is 2.55. The Labute approximate surface area is 133 Å². The minimum absolute atomic E-state index is 0.257. The van der Waals surface area contributed by atoms with Crippen LogP contribution in [0.15, 0.2) is 54.6 Å². The third kappa shape index (κ3) is 2.69. The Morgan fingerprint density at radius 3 is 2.45 bits per heavy atom. The monoisotopic (exact) mass is 295 g/mol. The first kappa shape index (κ1) is 15.3. The third-order valence-electron chi connectivity index (χ3n) is 4.92. The Balaban J connectivity index is 2.05. The molecule has 0 aliphatic heterocycles. The van der Waals surface area contributed by atoms with Crippen molar-refractivity contribution in [2.24, 2.45) is 5.92 Å². The smallest absolute Gasteiger partial charge is 0.118 e. The number of fused-ring (bicyclic) bond motifs is 1. The number of hydrogen-bond donors (Lipinski definition) is 1. The van der Waals surface area contributed by atoms with Crippen LogP contribution in [-0.4, -0.2) is 30.6 Å². The van der Waals surface area contributed by atoms with E-state index in [9.17, 15) is 5.11 Å². The molecule has 2 heteroatoms. The number of aliphatic hydroxyl groups is 1. The van der Waals surface area contributed by atoms with E-state index in [-0.39, 0.29) is 5.92 Å². The summed E-state index contributed by atoms with van der Waals surface area (Å²) in [6.07, 6.45) is 3.10. The lowest BCUT2D eigenvalue weighted by Gasteiger charge is -2.42. The first-order valence-electron chi connectivity index (χ1n) is 8.13. The molecule has 2 unspecified atom stereocenters. The molecule has 0 aromatic heterocycles. The zero-order valence-corrected chi connectivity index (χ0v) is 13.5. The predicted molar refractivity (Wildman–Crippen MR) is 90.9 cm³/mol. The van der Waals surface area contributed by atoms with E-state index in [0.29, 0.717) is 0 Å². The number of benzene rings is 2. The molecule has 0 amide bonds. The van der Waals surface area contributed by atoms with Crippen molar-refractivity contribution in [3.8, 4) is 0 Å². The summed E-state index contributed by atoms with van der Waals surface area (Å²) in [6, 6.07) is 18.5. The zero-order chi connectivity index (χ0) is 15.6. The largest absolute Gasteiger partial charge is 0.380 e. The van der Waals surface area contributed by atoms with Gasteiger partial charge < -0.3 is 10.0 Å². The number of rotatable bonds is 4. The molecule has 1 N–H and O–H groups in total. The van der Waals surface area contributed by atoms with Gasteiger partial charge in [0.25, 0.3) is 0 Å². The van der Waals surface area contributed by atoms with Crippen LogP contribution >= 0.6 is 0 Å². The molecule has 0 bridgehead atoms. The van der Waals surface area contributed by atoms with Crippen LogP contribution in [0.2, 0.25) is 0 Å². The van der Waals surface area contributed by atoms with Gasteiger partial charge in [0, 0.05) is 0 Å². The highest BCUT2D eigenvalue weighted by molar-refractivity contribution is 5.43. The van der Waals surface area contributed by atoms with Gasteiger partial charge in [-0.1, -0.05) is 54.6 Å². The second kappa shape index (κ2) is 6.23. The van der Waals surface area contributed by atoms with Gasteiger partial charge in [0.15, 0.2) is 0 Å². The molecule has 2 aromatic carbocycles. The molecule has 2 nitrogen and oxygen atoms in total. The van der Waals surface area contributed by atoms with Crippen molar-refractivity contribution in [1.82, 2.24) is 4.90 Å². The van der Waals surface area contributed by atoms with Crippen molar-refractivity contribution in [3.63, 3.8) is 0 Å². The number of aryl methyl sites for hydroxylation is 1. The van der Waals surface area contributed by atoms with Crippen molar-refractivity contribution in [1.29, 1.82) is 0 Å². The molecular weight excluding hydrogens is 270 g/mol. The summed E-state index contributed by atoms with van der Waals surface area (Å²) in [4.78, 5) is 2.20. The van der Waals surface area contributed by atoms with Crippen LogP contribution in [0.1, 0.15) is 29.5 Å². The molecule has 0 heterocycles. The molecular formula is C20H25NO. The molecule has 0 saturated carbocycles. The van der Waals surface area contributed by atoms with E-state index >= 15 is 0 Å². The lowest BCUT2D eigenvalue weighted by Crippen LogP contribution is -2.41. The molecule has 0 saturated heterocycles. The number of nitrogens with zero attached hydrogens (tertiary/aromatic N) is 1. The van der Waals surface area contributed by atoms with Crippen LogP contribution in [0.3, 0.4) is 0 Å². The number of hydrogen-bond acceptors (Lipinski definition) is 2. The summed E-state index contributed by atoms with van der Waals surface area (Å²) in [5.41, 5.74) is 2.53. The Morgan fingerprint density at radius 1 is 1.05 bits per heavy atom. The van der Waals surface area contributed by atoms with E-state index in [1.54, 1.807) is 0 Å². The maximum absolute atomic E-state index is 11.7. The lowest BCUT2D eigenvalue weighted by atomic mass is 9.67. The minimum atomic E-state index is -0.869. The van der Waals surface area contributed by atoms with Crippen molar-refractivity contribution in [2.75, 3.05) is 20.6 Å². The fourth-order valence-corrected chi connectivity index (χ4v) is 3.72. The highest BCUT2D eigenvalue weighted by atomic mass is 16.3. The second-order valence-corrected chi connectivity index (χ2v) is 6.62.